The zero-order chi connectivity index (χ0) is 20.1. The van der Waals surface area contributed by atoms with Gasteiger partial charge in [0.05, 0.1) is 12.2 Å². The average Bonchev–Trinajstić information content (AvgIpc) is 3.09. The van der Waals surface area contributed by atoms with E-state index in [4.69, 9.17) is 4.74 Å². The van der Waals surface area contributed by atoms with Crippen LogP contribution in [0.5, 0.6) is 5.75 Å². The van der Waals surface area contributed by atoms with Crippen molar-refractivity contribution >= 4 is 17.4 Å². The van der Waals surface area contributed by atoms with Crippen molar-refractivity contribution in [3.63, 3.8) is 0 Å². The van der Waals surface area contributed by atoms with Crippen molar-refractivity contribution in [2.24, 2.45) is 0 Å². The van der Waals surface area contributed by atoms with Gasteiger partial charge in [0, 0.05) is 36.8 Å². The maximum atomic E-state index is 5.78. The van der Waals surface area contributed by atoms with Gasteiger partial charge in [-0.1, -0.05) is 6.07 Å². The van der Waals surface area contributed by atoms with Gasteiger partial charge in [0.2, 0.25) is 0 Å². The number of aromatic nitrogens is 1. The number of pyridine rings is 1. The summed E-state index contributed by atoms with van der Waals surface area (Å²) in [5.41, 5.74) is 6.09. The van der Waals surface area contributed by atoms with Crippen molar-refractivity contribution in [1.29, 1.82) is 0 Å². The first-order valence-corrected chi connectivity index (χ1v) is 11.4. The third-order valence-corrected chi connectivity index (χ3v) is 6.37. The molecule has 0 N–H and O–H groups in total. The van der Waals surface area contributed by atoms with Gasteiger partial charge < -0.3 is 9.64 Å². The van der Waals surface area contributed by atoms with E-state index in [9.17, 15) is 0 Å². The predicted octanol–water partition coefficient (Wildman–Crippen LogP) is 4.46. The van der Waals surface area contributed by atoms with E-state index in [2.05, 4.69) is 65.3 Å². The van der Waals surface area contributed by atoms with E-state index in [1.54, 1.807) is 0 Å². The Labute approximate surface area is 174 Å². The van der Waals surface area contributed by atoms with E-state index in [-0.39, 0.29) is 0 Å². The molecule has 2 aliphatic rings. The summed E-state index contributed by atoms with van der Waals surface area (Å²) < 4.78 is 5.78. The number of likely N-dealkylation sites (N-methyl/N-ethyl adjacent to an activating group) is 1. The monoisotopic (exact) mass is 399 g/mol. The third kappa shape index (κ3) is 5.65. The number of thioether (sulfide) groups is 1. The molecule has 4 nitrogen and oxygen atoms in total. The third-order valence-electron chi connectivity index (χ3n) is 5.31. The number of likely N-dealkylation sites (tertiary alicyclic amines) is 1. The molecule has 3 heterocycles. The number of fused-ring (bicyclic) bond motifs is 1. The molecule has 1 fully saturated rings. The highest BCUT2D eigenvalue weighted by Crippen LogP contribution is 2.32. The SMILES string of the molecule is CSC1CCN(Cc2ccc3c(c2)OCCN3C)C1.Cc1cc(C)nc(C)c1. The van der Waals surface area contributed by atoms with Gasteiger partial charge in [-0.05, 0) is 75.4 Å². The fourth-order valence-electron chi connectivity index (χ4n) is 3.94. The number of anilines is 1. The van der Waals surface area contributed by atoms with Crippen molar-refractivity contribution < 1.29 is 4.74 Å². The molecule has 0 radical (unpaired) electrons. The smallest absolute Gasteiger partial charge is 0.143 e. The van der Waals surface area contributed by atoms with Gasteiger partial charge >= 0.3 is 0 Å². The van der Waals surface area contributed by atoms with Crippen molar-refractivity contribution in [2.75, 3.05) is 44.4 Å². The molecule has 0 bridgehead atoms. The standard InChI is InChI=1S/C15H22N2OS.C8H11N/c1-16-7-8-18-15-9-12(3-4-14(15)16)10-17-6-5-13(11-17)19-2;1-6-4-7(2)9-8(3)5-6/h3-4,9,13H,5-8,10-11H2,1-2H3;4-5H,1-3H3. The normalized spacial score (nSPS) is 18.9. The van der Waals surface area contributed by atoms with Crippen LogP contribution in [0.25, 0.3) is 0 Å². The zero-order valence-corrected chi connectivity index (χ0v) is 18.7. The average molecular weight is 400 g/mol. The van der Waals surface area contributed by atoms with Gasteiger partial charge in [0.25, 0.3) is 0 Å². The molecule has 1 atom stereocenters. The molecular weight excluding hydrogens is 366 g/mol. The quantitative estimate of drug-likeness (QED) is 0.760. The Morgan fingerprint density at radius 2 is 1.86 bits per heavy atom. The topological polar surface area (TPSA) is 28.6 Å². The highest BCUT2D eigenvalue weighted by atomic mass is 32.2. The predicted molar refractivity (Wildman–Crippen MR) is 121 cm³/mol. The maximum Gasteiger partial charge on any atom is 0.143 e. The fourth-order valence-corrected chi connectivity index (χ4v) is 4.64. The number of hydrogen-bond acceptors (Lipinski definition) is 5. The van der Waals surface area contributed by atoms with E-state index >= 15 is 0 Å². The van der Waals surface area contributed by atoms with Crippen LogP contribution in [0, 0.1) is 20.8 Å². The van der Waals surface area contributed by atoms with Crippen molar-refractivity contribution in [2.45, 2.75) is 39.0 Å². The second kappa shape index (κ2) is 9.66. The summed E-state index contributed by atoms with van der Waals surface area (Å²) in [6.45, 7) is 11.4. The van der Waals surface area contributed by atoms with Crippen LogP contribution in [0.15, 0.2) is 30.3 Å². The van der Waals surface area contributed by atoms with Gasteiger partial charge in [-0.25, -0.2) is 0 Å². The molecular formula is C23H33N3OS. The van der Waals surface area contributed by atoms with E-state index in [0.29, 0.717) is 0 Å². The molecule has 5 heteroatoms. The summed E-state index contributed by atoms with van der Waals surface area (Å²) in [7, 11) is 2.13. The van der Waals surface area contributed by atoms with Crippen LogP contribution in [-0.2, 0) is 6.54 Å². The molecule has 28 heavy (non-hydrogen) atoms. The Bertz CT molecular complexity index is 745. The Morgan fingerprint density at radius 1 is 1.11 bits per heavy atom. The highest BCUT2D eigenvalue weighted by molar-refractivity contribution is 7.99. The first-order chi connectivity index (χ1) is 13.4. The number of ether oxygens (including phenoxy) is 1. The molecule has 2 aromatic rings. The molecule has 1 saturated heterocycles. The molecule has 1 aromatic carbocycles. The zero-order valence-electron chi connectivity index (χ0n) is 17.9. The summed E-state index contributed by atoms with van der Waals surface area (Å²) in [6, 6.07) is 10.8. The first-order valence-electron chi connectivity index (χ1n) is 10.1. The summed E-state index contributed by atoms with van der Waals surface area (Å²) in [5.74, 6) is 1.05. The number of benzene rings is 1. The van der Waals surface area contributed by atoms with Crippen LogP contribution in [0.4, 0.5) is 5.69 Å². The van der Waals surface area contributed by atoms with Crippen LogP contribution in [0.3, 0.4) is 0 Å². The van der Waals surface area contributed by atoms with Crippen LogP contribution >= 0.6 is 11.8 Å². The Balaban J connectivity index is 0.000000211. The largest absolute Gasteiger partial charge is 0.490 e. The molecule has 2 aliphatic heterocycles. The summed E-state index contributed by atoms with van der Waals surface area (Å²) in [6.07, 6.45) is 3.54. The van der Waals surface area contributed by atoms with Gasteiger partial charge in [0.1, 0.15) is 12.4 Å². The van der Waals surface area contributed by atoms with E-state index < -0.39 is 0 Å². The molecule has 0 amide bonds. The van der Waals surface area contributed by atoms with Crippen molar-refractivity contribution in [1.82, 2.24) is 9.88 Å². The number of aryl methyl sites for hydroxylation is 3. The number of hydrogen-bond donors (Lipinski definition) is 0. The van der Waals surface area contributed by atoms with Crippen LogP contribution in [0.1, 0.15) is 28.9 Å². The summed E-state index contributed by atoms with van der Waals surface area (Å²) in [5, 5.41) is 0.819. The molecule has 1 aromatic heterocycles. The van der Waals surface area contributed by atoms with E-state index in [1.165, 1.54) is 36.3 Å². The minimum atomic E-state index is 0.797. The number of rotatable bonds is 3. The van der Waals surface area contributed by atoms with Gasteiger partial charge in [-0.15, -0.1) is 0 Å². The van der Waals surface area contributed by atoms with Gasteiger partial charge in [0.15, 0.2) is 0 Å². The minimum absolute atomic E-state index is 0.797. The lowest BCUT2D eigenvalue weighted by Gasteiger charge is -2.28. The van der Waals surface area contributed by atoms with E-state index in [1.807, 2.05) is 25.6 Å². The Morgan fingerprint density at radius 3 is 2.50 bits per heavy atom. The van der Waals surface area contributed by atoms with Gasteiger partial charge in [-0.2, -0.15) is 11.8 Å². The molecule has 0 aliphatic carbocycles. The molecule has 0 spiro atoms. The Kier molecular flexibility index (Phi) is 7.24. The lowest BCUT2D eigenvalue weighted by atomic mass is 10.1. The van der Waals surface area contributed by atoms with E-state index in [0.717, 1.165) is 42.1 Å². The minimum Gasteiger partial charge on any atom is -0.490 e. The van der Waals surface area contributed by atoms with Crippen LogP contribution in [-0.4, -0.2) is 54.7 Å². The first kappa shape index (κ1) is 21.0. The molecule has 4 rings (SSSR count). The van der Waals surface area contributed by atoms with Crippen molar-refractivity contribution in [3.05, 3.63) is 52.8 Å². The van der Waals surface area contributed by atoms with Crippen LogP contribution in [0.2, 0.25) is 0 Å². The van der Waals surface area contributed by atoms with Crippen LogP contribution < -0.4 is 9.64 Å². The molecule has 1 unspecified atom stereocenters. The summed E-state index contributed by atoms with van der Waals surface area (Å²) in [4.78, 5) is 9.05. The molecule has 0 saturated carbocycles. The summed E-state index contributed by atoms with van der Waals surface area (Å²) >= 11 is 2.00. The maximum absolute atomic E-state index is 5.78. The Hall–Kier alpha value is -1.72. The second-order valence-corrected chi connectivity index (χ2v) is 9.02. The lowest BCUT2D eigenvalue weighted by molar-refractivity contribution is 0.307. The molecule has 152 valence electrons. The lowest BCUT2D eigenvalue weighted by Crippen LogP contribution is -2.29. The van der Waals surface area contributed by atoms with Crippen molar-refractivity contribution in [3.8, 4) is 5.75 Å². The highest BCUT2D eigenvalue weighted by Gasteiger charge is 2.22. The van der Waals surface area contributed by atoms with Gasteiger partial charge in [-0.3, -0.25) is 9.88 Å². The fraction of sp³-hybridized carbons (Fsp3) is 0.522. The number of nitrogens with zero attached hydrogens (tertiary/aromatic N) is 3. The second-order valence-electron chi connectivity index (χ2n) is 7.88.